The number of hydrogen-bond acceptors (Lipinski definition) is 25. The summed E-state index contributed by atoms with van der Waals surface area (Å²) in [6, 6.07) is -1.74. The van der Waals surface area contributed by atoms with Crippen molar-refractivity contribution in [3.8, 4) is 0 Å². The van der Waals surface area contributed by atoms with Gasteiger partial charge in [-0.15, -0.1) is 0 Å². The normalized spacial score (nSPS) is 46.6. The van der Waals surface area contributed by atoms with Crippen LogP contribution in [0.15, 0.2) is 0 Å². The molecule has 0 aliphatic carbocycles. The second-order valence-electron chi connectivity index (χ2n) is 12.9. The highest BCUT2D eigenvalue weighted by Crippen LogP contribution is 2.37. The van der Waals surface area contributed by atoms with E-state index in [9.17, 15) is 81.1 Å². The first-order chi connectivity index (χ1) is 24.9. The van der Waals surface area contributed by atoms with Gasteiger partial charge in [0.2, 0.25) is 11.6 Å². The monoisotopic (exact) mass is 781 g/mol. The Morgan fingerprint density at radius 3 is 1.32 bits per heavy atom. The topological polar surface area (TPSA) is 417 Å². The summed E-state index contributed by atoms with van der Waals surface area (Å²) < 4.78 is 41.9. The summed E-state index contributed by atoms with van der Waals surface area (Å²) in [5.41, 5.74) is 5.73. The van der Waals surface area contributed by atoms with Gasteiger partial charge < -0.3 is 115 Å². The molecular weight excluding hydrogens is 734 g/mol. The predicted molar refractivity (Wildman–Crippen MR) is 158 cm³/mol. The van der Waals surface area contributed by atoms with Crippen LogP contribution in [0.25, 0.3) is 0 Å². The van der Waals surface area contributed by atoms with Crippen LogP contribution in [0.3, 0.4) is 0 Å². The van der Waals surface area contributed by atoms with Gasteiger partial charge in [-0.05, 0) is 0 Å². The Labute approximate surface area is 298 Å². The minimum Gasteiger partial charge on any atom is -0.463 e. The van der Waals surface area contributed by atoms with Gasteiger partial charge >= 0.3 is 11.9 Å². The SMILES string of the molecule is N[C@@H](CC(=O)OC[C@H]1O[C@H](O[C@]2(CO)O[C@H](CO)[C@@H](O)[C@@H]2O)[C@H](O)[C@@H](O)[C@@H]1O)C(=O)OC[C@H]1O[C@H](O[C@]2(CO)O[C@H](CO)[C@@H](O)[C@@H]2O)[C@H](O)[C@@H](O)[C@@H]1O. The summed E-state index contributed by atoms with van der Waals surface area (Å²) in [6.45, 7) is -5.62. The van der Waals surface area contributed by atoms with Gasteiger partial charge in [0.15, 0.2) is 12.6 Å². The number of esters is 2. The first-order valence-corrected chi connectivity index (χ1v) is 16.2. The molecule has 4 fully saturated rings. The van der Waals surface area contributed by atoms with Crippen molar-refractivity contribution in [3.05, 3.63) is 0 Å². The maximum absolute atomic E-state index is 12.6. The minimum absolute atomic E-state index is 0.806. The quantitative estimate of drug-likeness (QED) is 0.0686. The molecule has 0 unspecified atom stereocenters. The third kappa shape index (κ3) is 8.90. The van der Waals surface area contributed by atoms with Gasteiger partial charge in [-0.25, -0.2) is 0 Å². The highest BCUT2D eigenvalue weighted by molar-refractivity contribution is 5.82. The van der Waals surface area contributed by atoms with Gasteiger partial charge in [-0.2, -0.15) is 0 Å². The van der Waals surface area contributed by atoms with Crippen LogP contribution in [-0.4, -0.2) is 239 Å². The van der Waals surface area contributed by atoms with E-state index in [2.05, 4.69) is 0 Å². The molecule has 0 radical (unpaired) electrons. The van der Waals surface area contributed by atoms with Crippen LogP contribution in [0.2, 0.25) is 0 Å². The van der Waals surface area contributed by atoms with E-state index in [0.717, 1.165) is 0 Å². The van der Waals surface area contributed by atoms with E-state index in [-0.39, 0.29) is 0 Å². The minimum atomic E-state index is -2.46. The summed E-state index contributed by atoms with van der Waals surface area (Å²) in [4.78, 5) is 25.1. The molecule has 4 aliphatic heterocycles. The number of aliphatic hydroxyl groups excluding tert-OH is 14. The lowest BCUT2D eigenvalue weighted by molar-refractivity contribution is -0.383. The van der Waals surface area contributed by atoms with Gasteiger partial charge in [-0.3, -0.25) is 9.59 Å². The molecule has 0 saturated carbocycles. The molecule has 16 N–H and O–H groups in total. The molecular formula is C28H47NO24. The zero-order valence-electron chi connectivity index (χ0n) is 27.7. The van der Waals surface area contributed by atoms with Crippen LogP contribution in [0.5, 0.6) is 0 Å². The van der Waals surface area contributed by atoms with E-state index in [4.69, 9.17) is 43.6 Å². The Morgan fingerprint density at radius 2 is 0.962 bits per heavy atom. The Hall–Kier alpha value is -1.90. The van der Waals surface area contributed by atoms with Crippen LogP contribution in [0, 0.1) is 0 Å². The molecule has 0 spiro atoms. The first kappa shape index (κ1) is 43.8. The number of ether oxygens (including phenoxy) is 8. The highest BCUT2D eigenvalue weighted by Gasteiger charge is 2.60. The molecule has 4 heterocycles. The number of nitrogens with two attached hydrogens (primary N) is 1. The van der Waals surface area contributed by atoms with Crippen molar-refractivity contribution < 1.29 is 119 Å². The van der Waals surface area contributed by atoms with Crippen molar-refractivity contribution >= 4 is 11.9 Å². The third-order valence-electron chi connectivity index (χ3n) is 9.27. The molecule has 4 saturated heterocycles. The molecule has 25 heteroatoms. The molecule has 0 aromatic heterocycles. The molecule has 4 rings (SSSR count). The average molecular weight is 782 g/mol. The van der Waals surface area contributed by atoms with Crippen LogP contribution in [-0.2, 0) is 47.5 Å². The molecule has 4 aliphatic rings. The highest BCUT2D eigenvalue weighted by atomic mass is 16.8. The fourth-order valence-electron chi connectivity index (χ4n) is 6.00. The standard InChI is InChI=1S/C28H47NO24/c29-8(24(45)47-5-12-15(36)19(40)21(42)26(49-12)53-28(7-33)23(44)17(38)10(3-31)51-28)1-13(34)46-4-11-14(35)18(39)20(41)25(48-11)52-27(6-32)22(43)16(37)9(2-30)50-27/h8-12,14-23,25-26,30-33,35-44H,1-7,29H2/t8-,9+,10+,11+,12+,14+,15+,16+,17+,18-,19-,20+,21+,22-,23-,25+,26+,27-,28-/m0/s1. The maximum Gasteiger partial charge on any atom is 0.323 e. The molecule has 0 bridgehead atoms. The van der Waals surface area contributed by atoms with E-state index in [1.165, 1.54) is 0 Å². The summed E-state index contributed by atoms with van der Waals surface area (Å²) >= 11 is 0. The zero-order valence-corrected chi connectivity index (χ0v) is 27.7. The van der Waals surface area contributed by atoms with Crippen LogP contribution in [0.4, 0.5) is 0 Å². The van der Waals surface area contributed by atoms with Crippen molar-refractivity contribution in [3.63, 3.8) is 0 Å². The second-order valence-corrected chi connectivity index (χ2v) is 12.9. The summed E-state index contributed by atoms with van der Waals surface area (Å²) in [5, 5.41) is 141. The lowest BCUT2D eigenvalue weighted by atomic mass is 9.98. The molecule has 308 valence electrons. The van der Waals surface area contributed by atoms with Crippen molar-refractivity contribution in [2.24, 2.45) is 5.73 Å². The van der Waals surface area contributed by atoms with E-state index < -0.39 is 174 Å². The van der Waals surface area contributed by atoms with Crippen LogP contribution >= 0.6 is 0 Å². The lowest BCUT2D eigenvalue weighted by Gasteiger charge is -2.43. The van der Waals surface area contributed by atoms with Crippen LogP contribution in [0.1, 0.15) is 6.42 Å². The number of carbonyl (C=O) groups is 2. The fraction of sp³-hybridized carbons (Fsp3) is 0.929. The predicted octanol–water partition coefficient (Wildman–Crippen LogP) is -11.0. The molecule has 19 atom stereocenters. The van der Waals surface area contributed by atoms with Gasteiger partial charge in [0.25, 0.3) is 0 Å². The van der Waals surface area contributed by atoms with E-state index in [1.54, 1.807) is 0 Å². The van der Waals surface area contributed by atoms with E-state index >= 15 is 0 Å². The molecule has 0 aromatic carbocycles. The molecule has 0 aromatic rings. The molecule has 53 heavy (non-hydrogen) atoms. The van der Waals surface area contributed by atoms with E-state index in [1.807, 2.05) is 0 Å². The number of aliphatic hydroxyl groups is 14. The lowest BCUT2D eigenvalue weighted by Crippen LogP contribution is -2.63. The number of rotatable bonds is 15. The second kappa shape index (κ2) is 17.9. The summed E-state index contributed by atoms with van der Waals surface area (Å²) in [5.74, 6) is -7.38. The van der Waals surface area contributed by atoms with Crippen molar-refractivity contribution in [1.29, 1.82) is 0 Å². The van der Waals surface area contributed by atoms with Crippen molar-refractivity contribution in [2.45, 2.75) is 122 Å². The van der Waals surface area contributed by atoms with Crippen molar-refractivity contribution in [2.75, 3.05) is 39.6 Å². The third-order valence-corrected chi connectivity index (χ3v) is 9.27. The van der Waals surface area contributed by atoms with Gasteiger partial charge in [0, 0.05) is 0 Å². The van der Waals surface area contributed by atoms with Crippen LogP contribution < -0.4 is 5.73 Å². The average Bonchev–Trinajstić information content (AvgIpc) is 3.54. The maximum atomic E-state index is 12.6. The number of carbonyl (C=O) groups excluding carboxylic acids is 2. The fourth-order valence-corrected chi connectivity index (χ4v) is 6.00. The summed E-state index contributed by atoms with van der Waals surface area (Å²) in [7, 11) is 0. The van der Waals surface area contributed by atoms with Crippen molar-refractivity contribution in [1.82, 2.24) is 0 Å². The molecule has 0 amide bonds. The largest absolute Gasteiger partial charge is 0.463 e. The first-order valence-electron chi connectivity index (χ1n) is 16.2. The van der Waals surface area contributed by atoms with E-state index in [0.29, 0.717) is 0 Å². The Kier molecular flexibility index (Phi) is 14.8. The van der Waals surface area contributed by atoms with Gasteiger partial charge in [0.05, 0.1) is 19.6 Å². The summed E-state index contributed by atoms with van der Waals surface area (Å²) in [6.07, 6.45) is -30.4. The Morgan fingerprint density at radius 1 is 0.566 bits per heavy atom. The van der Waals surface area contributed by atoms with Gasteiger partial charge in [0.1, 0.15) is 118 Å². The molecule has 25 nitrogen and oxygen atoms in total. The Balaban J connectivity index is 1.29. The van der Waals surface area contributed by atoms with Gasteiger partial charge in [-0.1, -0.05) is 0 Å². The Bertz CT molecular complexity index is 1220. The number of hydrogen-bond donors (Lipinski definition) is 15. The smallest absolute Gasteiger partial charge is 0.323 e. The zero-order chi connectivity index (χ0) is 39.6.